The van der Waals surface area contributed by atoms with Crippen LogP contribution in [0.5, 0.6) is 0 Å². The van der Waals surface area contributed by atoms with Crippen molar-refractivity contribution in [2.45, 2.75) is 19.9 Å². The van der Waals surface area contributed by atoms with Gasteiger partial charge in [-0.05, 0) is 18.6 Å². The molecule has 1 amide bonds. The summed E-state index contributed by atoms with van der Waals surface area (Å²) in [6, 6.07) is 7.38. The Kier molecular flexibility index (Phi) is 3.77. The summed E-state index contributed by atoms with van der Waals surface area (Å²) in [6.45, 7) is 2.99. The summed E-state index contributed by atoms with van der Waals surface area (Å²) < 4.78 is 1.85. The van der Waals surface area contributed by atoms with Gasteiger partial charge >= 0.3 is 0 Å². The van der Waals surface area contributed by atoms with E-state index in [9.17, 15) is 9.59 Å². The molecule has 0 unspecified atom stereocenters. The number of rotatable bonds is 5. The van der Waals surface area contributed by atoms with Gasteiger partial charge in [-0.15, -0.1) is 0 Å². The van der Waals surface area contributed by atoms with Crippen molar-refractivity contribution in [2.75, 3.05) is 6.54 Å². The van der Waals surface area contributed by atoms with E-state index in [2.05, 4.69) is 5.32 Å². The highest BCUT2D eigenvalue weighted by molar-refractivity contribution is 5.97. The molecule has 0 aliphatic carbocycles. The summed E-state index contributed by atoms with van der Waals surface area (Å²) in [5, 5.41) is 3.72. The first-order valence-corrected chi connectivity index (χ1v) is 6.06. The van der Waals surface area contributed by atoms with E-state index < -0.39 is 0 Å². The standard InChI is InChI=1S/C14H16N2O2/c1-2-7-15-14(18)9-16-8-6-12-11(10-17)4-3-5-13(12)16/h3-6,8,10H,2,7,9H2,1H3,(H,15,18). The van der Waals surface area contributed by atoms with Crippen molar-refractivity contribution in [1.29, 1.82) is 0 Å². The van der Waals surface area contributed by atoms with Crippen molar-refractivity contribution in [3.05, 3.63) is 36.0 Å². The molecule has 1 N–H and O–H groups in total. The van der Waals surface area contributed by atoms with Crippen LogP contribution in [-0.2, 0) is 11.3 Å². The number of hydrogen-bond acceptors (Lipinski definition) is 2. The molecule has 0 aliphatic heterocycles. The lowest BCUT2D eigenvalue weighted by Crippen LogP contribution is -2.27. The van der Waals surface area contributed by atoms with Crippen molar-refractivity contribution in [3.8, 4) is 0 Å². The third-order valence-electron chi connectivity index (χ3n) is 2.86. The van der Waals surface area contributed by atoms with Gasteiger partial charge in [-0.3, -0.25) is 9.59 Å². The number of amides is 1. The molecule has 18 heavy (non-hydrogen) atoms. The molecule has 4 heteroatoms. The summed E-state index contributed by atoms with van der Waals surface area (Å²) in [6.07, 6.45) is 3.60. The van der Waals surface area contributed by atoms with Gasteiger partial charge in [-0.2, -0.15) is 0 Å². The Hall–Kier alpha value is -2.10. The predicted octanol–water partition coefficient (Wildman–Crippen LogP) is 1.98. The monoisotopic (exact) mass is 244 g/mol. The first-order valence-electron chi connectivity index (χ1n) is 6.06. The molecular weight excluding hydrogens is 228 g/mol. The lowest BCUT2D eigenvalue weighted by Gasteiger charge is -2.06. The van der Waals surface area contributed by atoms with E-state index in [1.54, 1.807) is 6.07 Å². The maximum absolute atomic E-state index is 11.7. The van der Waals surface area contributed by atoms with Gasteiger partial charge in [0.05, 0.1) is 0 Å². The molecule has 1 aromatic heterocycles. The van der Waals surface area contributed by atoms with E-state index in [0.29, 0.717) is 12.1 Å². The van der Waals surface area contributed by atoms with Crippen LogP contribution in [0.1, 0.15) is 23.7 Å². The second kappa shape index (κ2) is 5.49. The average Bonchev–Trinajstić information content (AvgIpc) is 2.79. The van der Waals surface area contributed by atoms with Crippen molar-refractivity contribution >= 4 is 23.1 Å². The van der Waals surface area contributed by atoms with E-state index >= 15 is 0 Å². The number of fused-ring (bicyclic) bond motifs is 1. The fourth-order valence-electron chi connectivity index (χ4n) is 1.96. The van der Waals surface area contributed by atoms with Crippen LogP contribution in [0.3, 0.4) is 0 Å². The SMILES string of the molecule is CCCNC(=O)Cn1ccc2c(C=O)cccc21. The van der Waals surface area contributed by atoms with Crippen molar-refractivity contribution in [1.82, 2.24) is 9.88 Å². The Morgan fingerprint density at radius 2 is 2.22 bits per heavy atom. The second-order valence-electron chi connectivity index (χ2n) is 4.19. The number of nitrogens with one attached hydrogen (secondary N) is 1. The molecule has 0 aliphatic rings. The van der Waals surface area contributed by atoms with Crippen LogP contribution in [0.25, 0.3) is 10.9 Å². The van der Waals surface area contributed by atoms with E-state index in [-0.39, 0.29) is 12.5 Å². The molecule has 1 aromatic carbocycles. The summed E-state index contributed by atoms with van der Waals surface area (Å²) in [7, 11) is 0. The molecule has 0 saturated carbocycles. The van der Waals surface area contributed by atoms with Gasteiger partial charge in [-0.1, -0.05) is 19.1 Å². The van der Waals surface area contributed by atoms with Gasteiger partial charge in [-0.25, -0.2) is 0 Å². The number of aromatic nitrogens is 1. The lowest BCUT2D eigenvalue weighted by molar-refractivity contribution is -0.121. The Bertz CT molecular complexity index is 572. The molecule has 2 aromatic rings. The maximum Gasteiger partial charge on any atom is 0.239 e. The van der Waals surface area contributed by atoms with Crippen LogP contribution < -0.4 is 5.32 Å². The largest absolute Gasteiger partial charge is 0.355 e. The molecule has 0 radical (unpaired) electrons. The lowest BCUT2D eigenvalue weighted by atomic mass is 10.1. The summed E-state index contributed by atoms with van der Waals surface area (Å²) in [4.78, 5) is 22.6. The number of aldehydes is 1. The molecule has 0 saturated heterocycles. The maximum atomic E-state index is 11.7. The zero-order chi connectivity index (χ0) is 13.0. The molecule has 0 spiro atoms. The molecule has 0 bridgehead atoms. The van der Waals surface area contributed by atoms with Gasteiger partial charge in [0, 0.05) is 29.2 Å². The number of carbonyl (C=O) groups excluding carboxylic acids is 2. The first-order chi connectivity index (χ1) is 8.76. The molecule has 0 atom stereocenters. The highest BCUT2D eigenvalue weighted by atomic mass is 16.1. The molecule has 4 nitrogen and oxygen atoms in total. The number of carbonyl (C=O) groups is 2. The summed E-state index contributed by atoms with van der Waals surface area (Å²) in [5.41, 5.74) is 1.56. The summed E-state index contributed by atoms with van der Waals surface area (Å²) >= 11 is 0. The molecule has 0 fully saturated rings. The minimum atomic E-state index is -0.00847. The van der Waals surface area contributed by atoms with Gasteiger partial charge in [0.2, 0.25) is 5.91 Å². The van der Waals surface area contributed by atoms with Crippen LogP contribution in [0, 0.1) is 0 Å². The highest BCUT2D eigenvalue weighted by Gasteiger charge is 2.07. The Balaban J connectivity index is 2.24. The number of nitrogens with zero attached hydrogens (tertiary/aromatic N) is 1. The Morgan fingerprint density at radius 1 is 1.39 bits per heavy atom. The van der Waals surface area contributed by atoms with Crippen molar-refractivity contribution in [2.24, 2.45) is 0 Å². The normalized spacial score (nSPS) is 10.5. The molecular formula is C14H16N2O2. The van der Waals surface area contributed by atoms with Crippen LogP contribution in [0.15, 0.2) is 30.5 Å². The third kappa shape index (κ3) is 2.42. The van der Waals surface area contributed by atoms with Crippen molar-refractivity contribution < 1.29 is 9.59 Å². The smallest absolute Gasteiger partial charge is 0.239 e. The average molecular weight is 244 g/mol. The van der Waals surface area contributed by atoms with Crippen LogP contribution >= 0.6 is 0 Å². The summed E-state index contributed by atoms with van der Waals surface area (Å²) in [5.74, 6) is -0.00847. The minimum absolute atomic E-state index is 0.00847. The van der Waals surface area contributed by atoms with E-state index in [0.717, 1.165) is 23.6 Å². The van der Waals surface area contributed by atoms with Gasteiger partial charge < -0.3 is 9.88 Å². The second-order valence-corrected chi connectivity index (χ2v) is 4.19. The zero-order valence-electron chi connectivity index (χ0n) is 10.3. The molecule has 1 heterocycles. The predicted molar refractivity (Wildman–Crippen MR) is 70.6 cm³/mol. The van der Waals surface area contributed by atoms with Crippen LogP contribution in [0.4, 0.5) is 0 Å². The zero-order valence-corrected chi connectivity index (χ0v) is 10.3. The van der Waals surface area contributed by atoms with Crippen LogP contribution in [0.2, 0.25) is 0 Å². The first kappa shape index (κ1) is 12.4. The minimum Gasteiger partial charge on any atom is -0.355 e. The Morgan fingerprint density at radius 3 is 2.94 bits per heavy atom. The quantitative estimate of drug-likeness (QED) is 0.818. The number of benzene rings is 1. The fourth-order valence-corrected chi connectivity index (χ4v) is 1.96. The van der Waals surface area contributed by atoms with Crippen molar-refractivity contribution in [3.63, 3.8) is 0 Å². The van der Waals surface area contributed by atoms with E-state index in [1.807, 2.05) is 35.9 Å². The molecule has 94 valence electrons. The molecule has 2 rings (SSSR count). The topological polar surface area (TPSA) is 51.1 Å². The fraction of sp³-hybridized carbons (Fsp3) is 0.286. The Labute approximate surface area is 106 Å². The third-order valence-corrected chi connectivity index (χ3v) is 2.86. The van der Waals surface area contributed by atoms with E-state index in [1.165, 1.54) is 0 Å². The van der Waals surface area contributed by atoms with Gasteiger partial charge in [0.25, 0.3) is 0 Å². The van der Waals surface area contributed by atoms with E-state index in [4.69, 9.17) is 0 Å². The van der Waals surface area contributed by atoms with Gasteiger partial charge in [0.1, 0.15) is 6.54 Å². The number of hydrogen-bond donors (Lipinski definition) is 1. The highest BCUT2D eigenvalue weighted by Crippen LogP contribution is 2.18. The van der Waals surface area contributed by atoms with Gasteiger partial charge in [0.15, 0.2) is 6.29 Å². The van der Waals surface area contributed by atoms with Crippen LogP contribution in [-0.4, -0.2) is 23.3 Å².